The predicted octanol–water partition coefficient (Wildman–Crippen LogP) is 2.73. The van der Waals surface area contributed by atoms with E-state index in [1.165, 1.54) is 18.1 Å². The number of ether oxygens (including phenoxy) is 2. The molecule has 0 spiro atoms. The lowest BCUT2D eigenvalue weighted by Gasteiger charge is -2.46. The first-order valence-corrected chi connectivity index (χ1v) is 14.9. The molecule has 45 heavy (non-hydrogen) atoms. The lowest BCUT2D eigenvalue weighted by Crippen LogP contribution is -2.60. The SMILES string of the molecule is CCOC1(c2cccnc2)C=CC(N2CCN(C(=O)c3ccc(OC)nc3C(F)(F)F)C[C@H]2CC)=C(C(=O)NC2CN(C)C2)N1. The Morgan fingerprint density at radius 3 is 2.56 bits per heavy atom. The number of aromatic nitrogens is 2. The number of piperazine rings is 1. The van der Waals surface area contributed by atoms with Crippen LogP contribution in [0.3, 0.4) is 0 Å². The quantitative estimate of drug-likeness (QED) is 0.433. The molecule has 2 amide bonds. The number of nitrogens with zero attached hydrogens (tertiary/aromatic N) is 5. The lowest BCUT2D eigenvalue weighted by molar-refractivity contribution is -0.141. The Kier molecular flexibility index (Phi) is 9.35. The number of rotatable bonds is 9. The van der Waals surface area contributed by atoms with Gasteiger partial charge in [-0.2, -0.15) is 13.2 Å². The third-order valence-electron chi connectivity index (χ3n) is 8.26. The molecule has 1 unspecified atom stereocenters. The van der Waals surface area contributed by atoms with Gasteiger partial charge in [0.1, 0.15) is 5.70 Å². The molecule has 2 N–H and O–H groups in total. The summed E-state index contributed by atoms with van der Waals surface area (Å²) in [4.78, 5) is 40.7. The molecule has 3 aliphatic rings. The lowest BCUT2D eigenvalue weighted by atomic mass is 9.97. The first kappa shape index (κ1) is 32.2. The van der Waals surface area contributed by atoms with Crippen molar-refractivity contribution in [2.24, 2.45) is 0 Å². The average Bonchev–Trinajstić information content (AvgIpc) is 3.03. The normalized spacial score (nSPS) is 22.6. The second-order valence-corrected chi connectivity index (χ2v) is 11.3. The number of methoxy groups -OCH3 is 1. The van der Waals surface area contributed by atoms with Gasteiger partial charge >= 0.3 is 6.18 Å². The number of pyridine rings is 2. The van der Waals surface area contributed by atoms with Crippen molar-refractivity contribution in [1.29, 1.82) is 0 Å². The number of alkyl halides is 3. The molecule has 5 heterocycles. The molecule has 0 saturated carbocycles. The van der Waals surface area contributed by atoms with Crippen LogP contribution in [0.2, 0.25) is 0 Å². The van der Waals surface area contributed by atoms with E-state index >= 15 is 0 Å². The molecule has 3 aliphatic heterocycles. The maximum absolute atomic E-state index is 13.9. The Balaban J connectivity index is 1.45. The minimum absolute atomic E-state index is 0.0128. The van der Waals surface area contributed by atoms with Crippen LogP contribution in [0, 0.1) is 0 Å². The van der Waals surface area contributed by atoms with E-state index in [0.717, 1.165) is 19.2 Å². The molecule has 14 heteroatoms. The van der Waals surface area contributed by atoms with Crippen molar-refractivity contribution in [2.45, 2.75) is 44.3 Å². The molecular weight excluding hydrogens is 591 g/mol. The molecule has 5 rings (SSSR count). The van der Waals surface area contributed by atoms with E-state index in [-0.39, 0.29) is 43.5 Å². The second-order valence-electron chi connectivity index (χ2n) is 11.3. The summed E-state index contributed by atoms with van der Waals surface area (Å²) in [6, 6.07) is 5.70. The molecule has 0 aromatic carbocycles. The Labute approximate surface area is 260 Å². The number of amides is 2. The highest BCUT2D eigenvalue weighted by molar-refractivity contribution is 5.96. The zero-order chi connectivity index (χ0) is 32.4. The maximum atomic E-state index is 13.9. The summed E-state index contributed by atoms with van der Waals surface area (Å²) >= 11 is 0. The fourth-order valence-electron chi connectivity index (χ4n) is 6.00. The number of carbonyl (C=O) groups is 2. The highest BCUT2D eigenvalue weighted by Gasteiger charge is 2.42. The van der Waals surface area contributed by atoms with Crippen LogP contribution in [0.5, 0.6) is 5.88 Å². The van der Waals surface area contributed by atoms with Gasteiger partial charge in [-0.3, -0.25) is 14.6 Å². The summed E-state index contributed by atoms with van der Waals surface area (Å²) in [5, 5.41) is 6.48. The van der Waals surface area contributed by atoms with E-state index in [1.807, 2.05) is 44.0 Å². The molecule has 2 fully saturated rings. The predicted molar refractivity (Wildman–Crippen MR) is 159 cm³/mol. The van der Waals surface area contributed by atoms with Crippen LogP contribution in [-0.4, -0.2) is 102 Å². The minimum Gasteiger partial charge on any atom is -0.481 e. The molecular formula is C31H38F3N7O4. The van der Waals surface area contributed by atoms with E-state index in [1.54, 1.807) is 18.5 Å². The van der Waals surface area contributed by atoms with Gasteiger partial charge in [-0.1, -0.05) is 13.0 Å². The van der Waals surface area contributed by atoms with Crippen LogP contribution >= 0.6 is 0 Å². The largest absolute Gasteiger partial charge is 0.481 e. The minimum atomic E-state index is -4.84. The van der Waals surface area contributed by atoms with Crippen LogP contribution in [0.25, 0.3) is 0 Å². The van der Waals surface area contributed by atoms with Crippen molar-refractivity contribution in [3.63, 3.8) is 0 Å². The van der Waals surface area contributed by atoms with E-state index in [9.17, 15) is 22.8 Å². The van der Waals surface area contributed by atoms with Gasteiger partial charge in [0.25, 0.3) is 11.8 Å². The van der Waals surface area contributed by atoms with Crippen molar-refractivity contribution < 1.29 is 32.2 Å². The Hall–Kier alpha value is -4.17. The zero-order valence-corrected chi connectivity index (χ0v) is 25.7. The standard InChI is InChI=1S/C31H38F3N7O4/c1-5-22-19-40(29(43)23-9-10-25(44-4)37-27(23)31(32,33)34)14-15-41(22)24-11-12-30(45-6-2,20-8-7-13-35-16-20)38-26(24)28(42)36-21-17-39(3)18-21/h7-13,16,21-22,38H,5-6,14-15,17-19H2,1-4H3,(H,36,42)/t22-,30?/m1/s1. The number of halogens is 3. The monoisotopic (exact) mass is 629 g/mol. The van der Waals surface area contributed by atoms with Gasteiger partial charge in [0.15, 0.2) is 11.4 Å². The van der Waals surface area contributed by atoms with Crippen molar-refractivity contribution in [3.8, 4) is 5.88 Å². The summed E-state index contributed by atoms with van der Waals surface area (Å²) in [6.07, 6.45) is 2.75. The molecule has 11 nitrogen and oxygen atoms in total. The fourth-order valence-corrected chi connectivity index (χ4v) is 6.00. The van der Waals surface area contributed by atoms with Crippen LogP contribution < -0.4 is 15.4 Å². The van der Waals surface area contributed by atoms with Crippen LogP contribution in [0.4, 0.5) is 13.2 Å². The van der Waals surface area contributed by atoms with Gasteiger partial charge in [-0.15, -0.1) is 0 Å². The smallest absolute Gasteiger partial charge is 0.434 e. The number of nitrogens with one attached hydrogen (secondary N) is 2. The van der Waals surface area contributed by atoms with Gasteiger partial charge in [-0.05, 0) is 44.7 Å². The van der Waals surface area contributed by atoms with Gasteiger partial charge in [-0.25, -0.2) is 4.98 Å². The average molecular weight is 630 g/mol. The summed E-state index contributed by atoms with van der Waals surface area (Å²) < 4.78 is 52.7. The number of hydrogen-bond donors (Lipinski definition) is 2. The number of hydrogen-bond acceptors (Lipinski definition) is 9. The molecule has 2 atom stereocenters. The molecule has 0 radical (unpaired) electrons. The third-order valence-corrected chi connectivity index (χ3v) is 8.26. The van der Waals surface area contributed by atoms with Crippen molar-refractivity contribution in [3.05, 3.63) is 77.0 Å². The van der Waals surface area contributed by atoms with Crippen molar-refractivity contribution >= 4 is 11.8 Å². The summed E-state index contributed by atoms with van der Waals surface area (Å²) in [6.45, 7) is 6.17. The molecule has 242 valence electrons. The van der Waals surface area contributed by atoms with E-state index < -0.39 is 29.1 Å². The maximum Gasteiger partial charge on any atom is 0.434 e. The molecule has 2 saturated heterocycles. The summed E-state index contributed by atoms with van der Waals surface area (Å²) in [5.41, 5.74) is -1.33. The molecule has 0 bridgehead atoms. The van der Waals surface area contributed by atoms with Crippen LogP contribution in [-0.2, 0) is 21.4 Å². The van der Waals surface area contributed by atoms with E-state index in [2.05, 4.69) is 25.5 Å². The number of likely N-dealkylation sites (N-methyl/N-ethyl adjacent to an activating group) is 1. The number of allylic oxidation sites excluding steroid dienone is 1. The number of carbonyl (C=O) groups excluding carboxylic acids is 2. The zero-order valence-electron chi connectivity index (χ0n) is 25.7. The summed E-state index contributed by atoms with van der Waals surface area (Å²) in [5.74, 6) is -1.29. The van der Waals surface area contributed by atoms with Gasteiger partial charge in [0.05, 0.1) is 24.4 Å². The van der Waals surface area contributed by atoms with Gasteiger partial charge in [0.2, 0.25) is 5.88 Å². The van der Waals surface area contributed by atoms with E-state index in [4.69, 9.17) is 9.47 Å². The highest BCUT2D eigenvalue weighted by atomic mass is 19.4. The molecule has 2 aromatic rings. The number of likely N-dealkylation sites (tertiary alicyclic amines) is 1. The van der Waals surface area contributed by atoms with Crippen LogP contribution in [0.1, 0.15) is 41.9 Å². The van der Waals surface area contributed by atoms with Gasteiger partial charge in [0, 0.05) is 69.4 Å². The Morgan fingerprint density at radius 1 is 1.16 bits per heavy atom. The highest BCUT2D eigenvalue weighted by Crippen LogP contribution is 2.35. The van der Waals surface area contributed by atoms with E-state index in [0.29, 0.717) is 30.0 Å². The Morgan fingerprint density at radius 2 is 1.93 bits per heavy atom. The third kappa shape index (κ3) is 6.61. The number of dihydropyridines is 1. The molecule has 0 aliphatic carbocycles. The van der Waals surface area contributed by atoms with Gasteiger partial charge < -0.3 is 34.8 Å². The Bertz CT molecular complexity index is 1460. The van der Waals surface area contributed by atoms with Crippen molar-refractivity contribution in [2.75, 3.05) is 53.5 Å². The van der Waals surface area contributed by atoms with Crippen LogP contribution in [0.15, 0.2) is 60.2 Å². The first-order valence-electron chi connectivity index (χ1n) is 14.9. The molecule has 2 aromatic heterocycles. The second kappa shape index (κ2) is 13.1. The topological polar surface area (TPSA) is 112 Å². The first-order chi connectivity index (χ1) is 21.5. The van der Waals surface area contributed by atoms with Crippen molar-refractivity contribution in [1.82, 2.24) is 35.3 Å². The summed E-state index contributed by atoms with van der Waals surface area (Å²) in [7, 11) is 3.19. The fraction of sp³-hybridized carbons (Fsp3) is 0.484.